The molecule has 0 spiro atoms. The summed E-state index contributed by atoms with van der Waals surface area (Å²) in [5.41, 5.74) is 1.17. The van der Waals surface area contributed by atoms with Crippen LogP contribution in [-0.4, -0.2) is 23.1 Å². The van der Waals surface area contributed by atoms with Gasteiger partial charge in [0.2, 0.25) is 0 Å². The molecule has 0 aromatic carbocycles. The molecule has 1 saturated heterocycles. The van der Waals surface area contributed by atoms with E-state index in [0.717, 1.165) is 13.1 Å². The van der Waals surface area contributed by atoms with Crippen molar-refractivity contribution in [2.45, 2.75) is 12.3 Å². The van der Waals surface area contributed by atoms with Crippen molar-refractivity contribution in [2.24, 2.45) is 0 Å². The van der Waals surface area contributed by atoms with Crippen molar-refractivity contribution < 1.29 is 0 Å². The van der Waals surface area contributed by atoms with Crippen molar-refractivity contribution >= 4 is 12.4 Å². The molecule has 1 aliphatic heterocycles. The summed E-state index contributed by atoms with van der Waals surface area (Å²) in [4.78, 5) is 8.09. The van der Waals surface area contributed by atoms with Gasteiger partial charge in [-0.1, -0.05) is 0 Å². The first-order valence-corrected chi connectivity index (χ1v) is 3.93. The zero-order valence-corrected chi connectivity index (χ0v) is 7.55. The van der Waals surface area contributed by atoms with Gasteiger partial charge >= 0.3 is 0 Å². The Morgan fingerprint density at radius 1 is 1.50 bits per heavy atom. The number of hydrogen-bond acceptors (Lipinski definition) is 3. The predicted octanol–water partition coefficient (Wildman–Crippen LogP) is 0.975. The summed E-state index contributed by atoms with van der Waals surface area (Å²) >= 11 is 0. The number of halogens is 1. The smallest absolute Gasteiger partial charge is 0.115 e. The average molecular weight is 186 g/mol. The first-order valence-electron chi connectivity index (χ1n) is 3.93. The van der Waals surface area contributed by atoms with Gasteiger partial charge in [-0.15, -0.1) is 12.4 Å². The van der Waals surface area contributed by atoms with Crippen LogP contribution in [0.5, 0.6) is 0 Å². The molecule has 0 radical (unpaired) electrons. The fourth-order valence-corrected chi connectivity index (χ4v) is 1.45. The van der Waals surface area contributed by atoms with E-state index in [2.05, 4.69) is 15.3 Å². The van der Waals surface area contributed by atoms with Crippen LogP contribution in [0.25, 0.3) is 0 Å². The number of rotatable bonds is 1. The molecule has 66 valence electrons. The first-order chi connectivity index (χ1) is 5.47. The topological polar surface area (TPSA) is 37.8 Å². The standard InChI is InChI=1S/C8H11N3.ClH/c1-3-9-5-7(1)8-2-4-10-6-11-8;/h2,4,6-7,9H,1,3,5H2;1H. The number of nitrogens with one attached hydrogen (secondary N) is 1. The van der Waals surface area contributed by atoms with E-state index in [9.17, 15) is 0 Å². The van der Waals surface area contributed by atoms with Gasteiger partial charge in [-0.05, 0) is 19.0 Å². The van der Waals surface area contributed by atoms with Gasteiger partial charge in [0.25, 0.3) is 0 Å². The van der Waals surface area contributed by atoms with E-state index < -0.39 is 0 Å². The lowest BCUT2D eigenvalue weighted by molar-refractivity contribution is 0.730. The van der Waals surface area contributed by atoms with Gasteiger partial charge in [0.15, 0.2) is 0 Å². The molecule has 1 atom stereocenters. The van der Waals surface area contributed by atoms with Gasteiger partial charge in [0.1, 0.15) is 6.33 Å². The van der Waals surface area contributed by atoms with Crippen molar-refractivity contribution in [1.82, 2.24) is 15.3 Å². The lowest BCUT2D eigenvalue weighted by Crippen LogP contribution is -2.08. The Kier molecular flexibility index (Phi) is 3.44. The van der Waals surface area contributed by atoms with Crippen LogP contribution in [0.1, 0.15) is 18.0 Å². The summed E-state index contributed by atoms with van der Waals surface area (Å²) in [6.07, 6.45) is 4.63. The second kappa shape index (κ2) is 4.38. The molecule has 0 bridgehead atoms. The van der Waals surface area contributed by atoms with E-state index in [4.69, 9.17) is 0 Å². The van der Waals surface area contributed by atoms with Crippen molar-refractivity contribution in [3.8, 4) is 0 Å². The zero-order valence-electron chi connectivity index (χ0n) is 6.73. The van der Waals surface area contributed by atoms with Crippen molar-refractivity contribution in [1.29, 1.82) is 0 Å². The predicted molar refractivity (Wildman–Crippen MR) is 49.5 cm³/mol. The molecule has 1 aliphatic rings. The van der Waals surface area contributed by atoms with Crippen LogP contribution in [0.2, 0.25) is 0 Å². The molecule has 12 heavy (non-hydrogen) atoms. The molecular formula is C8H12ClN3. The number of hydrogen-bond donors (Lipinski definition) is 1. The fourth-order valence-electron chi connectivity index (χ4n) is 1.45. The monoisotopic (exact) mass is 185 g/mol. The summed E-state index contributed by atoms with van der Waals surface area (Å²) < 4.78 is 0. The van der Waals surface area contributed by atoms with Crippen LogP contribution < -0.4 is 5.32 Å². The van der Waals surface area contributed by atoms with E-state index in [1.165, 1.54) is 12.1 Å². The third kappa shape index (κ3) is 1.93. The minimum Gasteiger partial charge on any atom is -0.316 e. The molecule has 3 nitrogen and oxygen atoms in total. The van der Waals surface area contributed by atoms with Gasteiger partial charge < -0.3 is 5.32 Å². The van der Waals surface area contributed by atoms with E-state index in [1.54, 1.807) is 12.5 Å². The summed E-state index contributed by atoms with van der Waals surface area (Å²) in [7, 11) is 0. The van der Waals surface area contributed by atoms with Gasteiger partial charge in [0.05, 0.1) is 0 Å². The summed E-state index contributed by atoms with van der Waals surface area (Å²) in [6, 6.07) is 2.00. The molecule has 0 aliphatic carbocycles. The van der Waals surface area contributed by atoms with Gasteiger partial charge in [-0.2, -0.15) is 0 Å². The minimum atomic E-state index is 0. The maximum Gasteiger partial charge on any atom is 0.115 e. The highest BCUT2D eigenvalue weighted by molar-refractivity contribution is 5.85. The van der Waals surface area contributed by atoms with Crippen molar-refractivity contribution in [3.63, 3.8) is 0 Å². The summed E-state index contributed by atoms with van der Waals surface area (Å²) in [5.74, 6) is 0.609. The van der Waals surface area contributed by atoms with Crippen LogP contribution in [0, 0.1) is 0 Å². The minimum absolute atomic E-state index is 0. The molecular weight excluding hydrogens is 174 g/mol. The van der Waals surface area contributed by atoms with Crippen LogP contribution in [0.3, 0.4) is 0 Å². The highest BCUT2D eigenvalue weighted by atomic mass is 35.5. The second-order valence-electron chi connectivity index (χ2n) is 2.82. The second-order valence-corrected chi connectivity index (χ2v) is 2.82. The molecule has 0 saturated carbocycles. The molecule has 1 fully saturated rings. The Hall–Kier alpha value is -0.670. The zero-order chi connectivity index (χ0) is 7.52. The van der Waals surface area contributed by atoms with Crippen LogP contribution >= 0.6 is 12.4 Å². The maximum absolute atomic E-state index is 4.21. The van der Waals surface area contributed by atoms with Gasteiger partial charge in [0, 0.05) is 24.4 Å². The average Bonchev–Trinajstić information content (AvgIpc) is 2.58. The molecule has 0 amide bonds. The van der Waals surface area contributed by atoms with E-state index >= 15 is 0 Å². The van der Waals surface area contributed by atoms with Crippen molar-refractivity contribution in [2.75, 3.05) is 13.1 Å². The quantitative estimate of drug-likeness (QED) is 0.709. The Balaban J connectivity index is 0.000000720. The Bertz CT molecular complexity index is 221. The summed E-state index contributed by atoms with van der Waals surface area (Å²) in [6.45, 7) is 2.19. The molecule has 1 N–H and O–H groups in total. The largest absolute Gasteiger partial charge is 0.316 e. The van der Waals surface area contributed by atoms with Gasteiger partial charge in [-0.25, -0.2) is 9.97 Å². The van der Waals surface area contributed by atoms with Crippen LogP contribution in [0.4, 0.5) is 0 Å². The molecule has 2 rings (SSSR count). The fraction of sp³-hybridized carbons (Fsp3) is 0.500. The Morgan fingerprint density at radius 2 is 2.42 bits per heavy atom. The van der Waals surface area contributed by atoms with Gasteiger partial charge in [-0.3, -0.25) is 0 Å². The first kappa shape index (κ1) is 9.42. The van der Waals surface area contributed by atoms with Crippen LogP contribution in [0.15, 0.2) is 18.6 Å². The summed E-state index contributed by atoms with van der Waals surface area (Å²) in [5, 5.41) is 3.31. The Labute approximate surface area is 78.0 Å². The SMILES string of the molecule is Cl.c1cc(C2CCNC2)ncn1. The lowest BCUT2D eigenvalue weighted by Gasteiger charge is -2.04. The van der Waals surface area contributed by atoms with Crippen molar-refractivity contribution in [3.05, 3.63) is 24.3 Å². The third-order valence-corrected chi connectivity index (χ3v) is 2.08. The third-order valence-electron chi connectivity index (χ3n) is 2.08. The normalized spacial score (nSPS) is 21.8. The molecule has 1 aromatic heterocycles. The molecule has 1 unspecified atom stereocenters. The van der Waals surface area contributed by atoms with E-state index in [0.29, 0.717) is 5.92 Å². The molecule has 2 heterocycles. The molecule has 1 aromatic rings. The highest BCUT2D eigenvalue weighted by Crippen LogP contribution is 2.18. The van der Waals surface area contributed by atoms with E-state index in [-0.39, 0.29) is 12.4 Å². The highest BCUT2D eigenvalue weighted by Gasteiger charge is 2.16. The maximum atomic E-state index is 4.21. The van der Waals surface area contributed by atoms with E-state index in [1.807, 2.05) is 6.07 Å². The lowest BCUT2D eigenvalue weighted by atomic mass is 10.1. The number of nitrogens with zero attached hydrogens (tertiary/aromatic N) is 2. The molecule has 4 heteroatoms. The van der Waals surface area contributed by atoms with Crippen LogP contribution in [-0.2, 0) is 0 Å². The number of aromatic nitrogens is 2. The Morgan fingerprint density at radius 3 is 3.00 bits per heavy atom.